The second kappa shape index (κ2) is 7.40. The monoisotopic (exact) mass is 370 g/mol. The van der Waals surface area contributed by atoms with Crippen LogP contribution in [0.2, 0.25) is 0 Å². The lowest BCUT2D eigenvalue weighted by atomic mass is 9.96. The van der Waals surface area contributed by atoms with Crippen molar-refractivity contribution in [1.29, 1.82) is 0 Å². The topological polar surface area (TPSA) is 95.7 Å². The number of amides is 3. The number of carbonyl (C=O) groups excluding carboxylic acids is 3. The average Bonchev–Trinajstić information content (AvgIpc) is 2.99. The first kappa shape index (κ1) is 18.1. The molecule has 7 nitrogen and oxygen atoms in total. The second-order valence-electron chi connectivity index (χ2n) is 7.83. The van der Waals surface area contributed by atoms with Gasteiger partial charge in [0.15, 0.2) is 0 Å². The summed E-state index contributed by atoms with van der Waals surface area (Å²) < 4.78 is 0. The van der Waals surface area contributed by atoms with E-state index in [2.05, 4.69) is 10.2 Å². The molecule has 3 heterocycles. The van der Waals surface area contributed by atoms with E-state index in [1.165, 1.54) is 6.42 Å². The molecular weight excluding hydrogens is 344 g/mol. The molecule has 0 spiro atoms. The number of imide groups is 1. The zero-order valence-electron chi connectivity index (χ0n) is 15.4. The van der Waals surface area contributed by atoms with Crippen molar-refractivity contribution in [3.05, 3.63) is 34.9 Å². The summed E-state index contributed by atoms with van der Waals surface area (Å²) in [6, 6.07) is 5.39. The van der Waals surface area contributed by atoms with Gasteiger partial charge in [0.2, 0.25) is 11.8 Å². The molecule has 2 unspecified atom stereocenters. The quantitative estimate of drug-likeness (QED) is 0.758. The lowest BCUT2D eigenvalue weighted by molar-refractivity contribution is -0.136. The standard InChI is InChI=1S/C20H26N4O3/c21-9-13-3-2-8-23(10-13)11-14-4-1-5-15-12-24(20(27)18(14)15)16-6-7-17(25)22-19(16)26/h1,4-5,13,16H,2-3,6-12,21H2,(H,22,25,26). The predicted molar refractivity (Wildman–Crippen MR) is 99.5 cm³/mol. The number of rotatable bonds is 4. The van der Waals surface area contributed by atoms with Gasteiger partial charge >= 0.3 is 0 Å². The Morgan fingerprint density at radius 3 is 2.81 bits per heavy atom. The minimum absolute atomic E-state index is 0.0949. The largest absolute Gasteiger partial charge is 0.330 e. The normalized spacial score (nSPS) is 26.3. The Bertz CT molecular complexity index is 778. The van der Waals surface area contributed by atoms with Gasteiger partial charge in [0.25, 0.3) is 5.91 Å². The van der Waals surface area contributed by atoms with Gasteiger partial charge in [-0.3, -0.25) is 24.6 Å². The van der Waals surface area contributed by atoms with E-state index in [0.29, 0.717) is 25.4 Å². The van der Waals surface area contributed by atoms with E-state index < -0.39 is 6.04 Å². The molecule has 3 aliphatic heterocycles. The molecule has 0 saturated carbocycles. The van der Waals surface area contributed by atoms with E-state index in [9.17, 15) is 14.4 Å². The van der Waals surface area contributed by atoms with E-state index in [1.807, 2.05) is 18.2 Å². The van der Waals surface area contributed by atoms with Gasteiger partial charge in [-0.2, -0.15) is 0 Å². The first-order valence-corrected chi connectivity index (χ1v) is 9.74. The zero-order valence-corrected chi connectivity index (χ0v) is 15.4. The highest BCUT2D eigenvalue weighted by Crippen LogP contribution is 2.31. The summed E-state index contributed by atoms with van der Waals surface area (Å²) >= 11 is 0. The fourth-order valence-corrected chi connectivity index (χ4v) is 4.55. The summed E-state index contributed by atoms with van der Waals surface area (Å²) in [5, 5.41) is 2.35. The number of nitrogens with one attached hydrogen (secondary N) is 1. The SMILES string of the molecule is NCC1CCCN(Cc2cccc3c2C(=O)N(C2CCC(=O)NC2=O)C3)C1. The minimum atomic E-state index is -0.563. The molecular formula is C20H26N4O3. The van der Waals surface area contributed by atoms with Gasteiger partial charge in [-0.1, -0.05) is 18.2 Å². The maximum absolute atomic E-state index is 13.1. The smallest absolute Gasteiger partial charge is 0.255 e. The highest BCUT2D eigenvalue weighted by Gasteiger charge is 2.40. The van der Waals surface area contributed by atoms with Gasteiger partial charge in [-0.15, -0.1) is 0 Å². The fraction of sp³-hybridized carbons (Fsp3) is 0.550. The molecule has 1 aromatic carbocycles. The number of piperidine rings is 2. The number of likely N-dealkylation sites (tertiary alicyclic amines) is 1. The number of hydrogen-bond donors (Lipinski definition) is 2. The summed E-state index contributed by atoms with van der Waals surface area (Å²) in [6.07, 6.45) is 2.97. The van der Waals surface area contributed by atoms with E-state index in [4.69, 9.17) is 5.73 Å². The van der Waals surface area contributed by atoms with Crippen LogP contribution in [0.5, 0.6) is 0 Å². The Morgan fingerprint density at radius 1 is 1.19 bits per heavy atom. The Labute approximate surface area is 158 Å². The Kier molecular flexibility index (Phi) is 4.97. The molecule has 0 aromatic heterocycles. The Hall–Kier alpha value is -2.25. The lowest BCUT2D eigenvalue weighted by Crippen LogP contribution is -2.52. The maximum Gasteiger partial charge on any atom is 0.255 e. The summed E-state index contributed by atoms with van der Waals surface area (Å²) in [7, 11) is 0. The van der Waals surface area contributed by atoms with E-state index >= 15 is 0 Å². The number of carbonyl (C=O) groups is 3. The third-order valence-corrected chi connectivity index (χ3v) is 5.97. The van der Waals surface area contributed by atoms with Crippen LogP contribution in [-0.4, -0.2) is 53.2 Å². The second-order valence-corrected chi connectivity index (χ2v) is 7.83. The van der Waals surface area contributed by atoms with E-state index in [1.54, 1.807) is 4.90 Å². The van der Waals surface area contributed by atoms with Crippen molar-refractivity contribution in [1.82, 2.24) is 15.1 Å². The molecule has 4 rings (SSSR count). The molecule has 1 aromatic rings. The molecule has 0 radical (unpaired) electrons. The van der Waals surface area contributed by atoms with Gasteiger partial charge in [-0.05, 0) is 49.4 Å². The lowest BCUT2D eigenvalue weighted by Gasteiger charge is -2.32. The van der Waals surface area contributed by atoms with Crippen molar-refractivity contribution in [3.63, 3.8) is 0 Å². The van der Waals surface area contributed by atoms with Gasteiger partial charge in [0, 0.05) is 31.6 Å². The molecule has 7 heteroatoms. The third-order valence-electron chi connectivity index (χ3n) is 5.97. The molecule has 3 amide bonds. The maximum atomic E-state index is 13.1. The van der Waals surface area contributed by atoms with E-state index in [0.717, 1.165) is 42.7 Å². The van der Waals surface area contributed by atoms with Crippen molar-refractivity contribution in [2.24, 2.45) is 11.7 Å². The summed E-state index contributed by atoms with van der Waals surface area (Å²) in [4.78, 5) is 40.7. The number of fused-ring (bicyclic) bond motifs is 1. The molecule has 3 N–H and O–H groups in total. The Morgan fingerprint density at radius 2 is 2.04 bits per heavy atom. The highest BCUT2D eigenvalue weighted by molar-refractivity contribution is 6.05. The first-order valence-electron chi connectivity index (χ1n) is 9.74. The van der Waals surface area contributed by atoms with Crippen LogP contribution >= 0.6 is 0 Å². The van der Waals surface area contributed by atoms with Gasteiger partial charge in [0.1, 0.15) is 6.04 Å². The van der Waals surface area contributed by atoms with E-state index in [-0.39, 0.29) is 24.1 Å². The van der Waals surface area contributed by atoms with Crippen molar-refractivity contribution in [3.8, 4) is 0 Å². The van der Waals surface area contributed by atoms with Crippen LogP contribution < -0.4 is 11.1 Å². The number of nitrogens with zero attached hydrogens (tertiary/aromatic N) is 2. The van der Waals surface area contributed by atoms with Crippen LogP contribution in [0.1, 0.15) is 47.2 Å². The van der Waals surface area contributed by atoms with Crippen molar-refractivity contribution < 1.29 is 14.4 Å². The van der Waals surface area contributed by atoms with Crippen LogP contribution in [0.15, 0.2) is 18.2 Å². The summed E-state index contributed by atoms with van der Waals surface area (Å²) in [6.45, 7) is 3.84. The molecule has 2 atom stereocenters. The molecule has 2 fully saturated rings. The van der Waals surface area contributed by atoms with Crippen LogP contribution in [0.25, 0.3) is 0 Å². The molecule has 27 heavy (non-hydrogen) atoms. The van der Waals surface area contributed by atoms with Gasteiger partial charge in [0.05, 0.1) is 0 Å². The van der Waals surface area contributed by atoms with Crippen LogP contribution in [-0.2, 0) is 22.7 Å². The third kappa shape index (κ3) is 3.49. The highest BCUT2D eigenvalue weighted by atomic mass is 16.2. The van der Waals surface area contributed by atoms with Gasteiger partial charge in [-0.25, -0.2) is 0 Å². The van der Waals surface area contributed by atoms with Crippen molar-refractivity contribution >= 4 is 17.7 Å². The van der Waals surface area contributed by atoms with Crippen LogP contribution in [0.4, 0.5) is 0 Å². The predicted octanol–water partition coefficient (Wildman–Crippen LogP) is 0.618. The molecule has 3 aliphatic rings. The molecule has 0 aliphatic carbocycles. The fourth-order valence-electron chi connectivity index (χ4n) is 4.55. The summed E-state index contributed by atoms with van der Waals surface area (Å²) in [5.41, 5.74) is 8.56. The first-order chi connectivity index (χ1) is 13.1. The molecule has 144 valence electrons. The minimum Gasteiger partial charge on any atom is -0.330 e. The van der Waals surface area contributed by atoms with Gasteiger partial charge < -0.3 is 10.6 Å². The average molecular weight is 370 g/mol. The number of hydrogen-bond acceptors (Lipinski definition) is 5. The molecule has 0 bridgehead atoms. The number of nitrogens with two attached hydrogens (primary N) is 1. The Balaban J connectivity index is 1.53. The number of benzene rings is 1. The van der Waals surface area contributed by atoms with Crippen molar-refractivity contribution in [2.45, 2.75) is 44.8 Å². The van der Waals surface area contributed by atoms with Crippen LogP contribution in [0.3, 0.4) is 0 Å². The summed E-state index contributed by atoms with van der Waals surface area (Å²) in [5.74, 6) is -0.204. The zero-order chi connectivity index (χ0) is 19.0. The molecule has 2 saturated heterocycles. The van der Waals surface area contributed by atoms with Crippen molar-refractivity contribution in [2.75, 3.05) is 19.6 Å². The van der Waals surface area contributed by atoms with Crippen LogP contribution in [0, 0.1) is 5.92 Å².